The molecule has 0 spiro atoms. The molecule has 0 saturated heterocycles. The minimum absolute atomic E-state index is 0.154. The molecule has 1 aliphatic heterocycles. The molecule has 3 N–H and O–H groups in total. The van der Waals surface area contributed by atoms with Gasteiger partial charge in [-0.05, 0) is 103 Å². The lowest BCUT2D eigenvalue weighted by molar-refractivity contribution is -0.157. The number of halogens is 1. The van der Waals surface area contributed by atoms with E-state index in [-0.39, 0.29) is 18.0 Å². The molecule has 37 heavy (non-hydrogen) atoms. The minimum Gasteiger partial charge on any atom is -0.459 e. The van der Waals surface area contributed by atoms with Gasteiger partial charge in [0.25, 0.3) is 0 Å². The van der Waals surface area contributed by atoms with Crippen LogP contribution in [0.25, 0.3) is 0 Å². The van der Waals surface area contributed by atoms with Crippen LogP contribution in [0.15, 0.2) is 53.0 Å². The second-order valence-electron chi connectivity index (χ2n) is 11.4. The van der Waals surface area contributed by atoms with E-state index in [0.717, 1.165) is 42.3 Å². The van der Waals surface area contributed by atoms with Gasteiger partial charge in [-0.2, -0.15) is 0 Å². The number of ether oxygens (including phenoxy) is 2. The number of anilines is 1. The summed E-state index contributed by atoms with van der Waals surface area (Å²) in [5, 5.41) is 3.31. The summed E-state index contributed by atoms with van der Waals surface area (Å²) in [4.78, 5) is 23.8. The van der Waals surface area contributed by atoms with Crippen molar-refractivity contribution in [1.82, 2.24) is 0 Å². The molecule has 0 amide bonds. The molecule has 2 aromatic rings. The quantitative estimate of drug-likeness (QED) is 0.378. The van der Waals surface area contributed by atoms with Crippen molar-refractivity contribution < 1.29 is 19.1 Å². The fourth-order valence-corrected chi connectivity index (χ4v) is 4.38. The van der Waals surface area contributed by atoms with E-state index in [9.17, 15) is 9.59 Å². The van der Waals surface area contributed by atoms with Crippen LogP contribution in [0, 0.1) is 0 Å². The highest BCUT2D eigenvalue weighted by molar-refractivity contribution is 9.10. The fourth-order valence-electron chi connectivity index (χ4n) is 3.89. The van der Waals surface area contributed by atoms with Crippen molar-refractivity contribution in [3.05, 3.63) is 64.1 Å². The van der Waals surface area contributed by atoms with Crippen molar-refractivity contribution in [2.75, 3.05) is 5.32 Å². The molecule has 0 aliphatic carbocycles. The first-order valence-electron chi connectivity index (χ1n) is 13.0. The maximum atomic E-state index is 12.1. The largest absolute Gasteiger partial charge is 0.459 e. The molecule has 7 heteroatoms. The Labute approximate surface area is 230 Å². The number of hydrogen-bond donors (Lipinski definition) is 2. The Morgan fingerprint density at radius 1 is 1.00 bits per heavy atom. The molecule has 204 valence electrons. The maximum absolute atomic E-state index is 12.1. The average molecular weight is 576 g/mol. The zero-order valence-electron chi connectivity index (χ0n) is 23.1. The third-order valence-electron chi connectivity index (χ3n) is 5.61. The van der Waals surface area contributed by atoms with E-state index in [1.54, 1.807) is 0 Å². The average Bonchev–Trinajstić information content (AvgIpc) is 3.01. The van der Waals surface area contributed by atoms with Crippen LogP contribution in [0.4, 0.5) is 5.69 Å². The first-order chi connectivity index (χ1) is 17.2. The molecule has 2 unspecified atom stereocenters. The molecule has 0 saturated carbocycles. The van der Waals surface area contributed by atoms with Gasteiger partial charge < -0.3 is 20.5 Å². The van der Waals surface area contributed by atoms with E-state index in [0.29, 0.717) is 6.42 Å². The smallest absolute Gasteiger partial charge is 0.329 e. The van der Waals surface area contributed by atoms with Crippen LogP contribution >= 0.6 is 15.9 Å². The van der Waals surface area contributed by atoms with Gasteiger partial charge in [-0.1, -0.05) is 52.3 Å². The number of carbonyl (C=O) groups excluding carboxylic acids is 2. The van der Waals surface area contributed by atoms with Gasteiger partial charge in [0.15, 0.2) is 0 Å². The molecule has 0 radical (unpaired) electrons. The zero-order valence-corrected chi connectivity index (χ0v) is 24.7. The molecule has 2 atom stereocenters. The highest BCUT2D eigenvalue weighted by Gasteiger charge is 2.27. The predicted octanol–water partition coefficient (Wildman–Crippen LogP) is 6.59. The summed E-state index contributed by atoms with van der Waals surface area (Å²) >= 11 is 3.51. The molecular formula is C30H43BrN2O4. The fraction of sp³-hybridized carbons (Fsp3) is 0.533. The molecule has 0 bridgehead atoms. The summed E-state index contributed by atoms with van der Waals surface area (Å²) in [7, 11) is 0. The van der Waals surface area contributed by atoms with Gasteiger partial charge >= 0.3 is 11.9 Å². The van der Waals surface area contributed by atoms with Crippen molar-refractivity contribution >= 4 is 33.6 Å². The van der Waals surface area contributed by atoms with E-state index in [2.05, 4.69) is 33.4 Å². The summed E-state index contributed by atoms with van der Waals surface area (Å²) in [5.74, 6) is -0.473. The first kappa shape index (κ1) is 30.8. The Bertz CT molecular complexity index is 1030. The third kappa shape index (κ3) is 11.7. The van der Waals surface area contributed by atoms with Crippen molar-refractivity contribution in [3.8, 4) is 0 Å². The van der Waals surface area contributed by atoms with Crippen LogP contribution in [0.5, 0.6) is 0 Å². The van der Waals surface area contributed by atoms with Gasteiger partial charge in [0.1, 0.15) is 23.3 Å². The summed E-state index contributed by atoms with van der Waals surface area (Å²) in [6.07, 6.45) is 5.25. The van der Waals surface area contributed by atoms with Crippen LogP contribution in [0.2, 0.25) is 0 Å². The van der Waals surface area contributed by atoms with Crippen LogP contribution in [0.1, 0.15) is 78.4 Å². The number of rotatable bonds is 6. The first-order valence-corrected chi connectivity index (χ1v) is 13.8. The summed E-state index contributed by atoms with van der Waals surface area (Å²) in [6.45, 7) is 11.2. The Hall–Kier alpha value is -2.38. The minimum atomic E-state index is -0.540. The topological polar surface area (TPSA) is 90.7 Å². The van der Waals surface area contributed by atoms with E-state index in [1.807, 2.05) is 77.9 Å². The van der Waals surface area contributed by atoms with Crippen molar-refractivity contribution in [2.45, 2.75) is 103 Å². The lowest BCUT2D eigenvalue weighted by Crippen LogP contribution is -2.37. The van der Waals surface area contributed by atoms with E-state index >= 15 is 0 Å². The van der Waals surface area contributed by atoms with Crippen LogP contribution in [0.3, 0.4) is 0 Å². The number of nitrogens with two attached hydrogens (primary N) is 1. The van der Waals surface area contributed by atoms with Gasteiger partial charge in [-0.25, -0.2) is 4.79 Å². The van der Waals surface area contributed by atoms with Gasteiger partial charge in [0.05, 0.1) is 0 Å². The number of para-hydroxylation sites is 1. The molecule has 2 aromatic carbocycles. The number of benzene rings is 2. The van der Waals surface area contributed by atoms with Gasteiger partial charge in [-0.15, -0.1) is 0 Å². The summed E-state index contributed by atoms with van der Waals surface area (Å²) in [5.41, 5.74) is 8.52. The second kappa shape index (κ2) is 14.0. The molecule has 0 fully saturated rings. The Kier molecular flexibility index (Phi) is 11.6. The molecule has 3 rings (SSSR count). The van der Waals surface area contributed by atoms with Gasteiger partial charge in [0, 0.05) is 10.2 Å². The molecule has 0 aromatic heterocycles. The second-order valence-corrected chi connectivity index (χ2v) is 12.3. The number of nitrogens with one attached hydrogen (secondary N) is 1. The van der Waals surface area contributed by atoms with Gasteiger partial charge in [-0.3, -0.25) is 4.79 Å². The van der Waals surface area contributed by atoms with Crippen LogP contribution < -0.4 is 11.1 Å². The van der Waals surface area contributed by atoms with E-state index in [1.165, 1.54) is 11.1 Å². The maximum Gasteiger partial charge on any atom is 0.329 e. The summed E-state index contributed by atoms with van der Waals surface area (Å²) < 4.78 is 11.8. The van der Waals surface area contributed by atoms with Crippen LogP contribution in [-0.2, 0) is 31.9 Å². The lowest BCUT2D eigenvalue weighted by Gasteiger charge is -2.24. The Morgan fingerprint density at radius 3 is 2.27 bits per heavy atom. The van der Waals surface area contributed by atoms with E-state index < -0.39 is 17.2 Å². The molecular weight excluding hydrogens is 532 g/mol. The standard InChI is InChI=1S/C15H22BrNO2.C15H21NO2/c1-15(2,3)19-14(18)13(17)10-6-8-11-7-4-5-9-12(11)16;1-15(2,3)18-14(17)13-10-6-8-11-7-4-5-9-12(11)16-13/h4-5,7,9,13H,6,8,10,17H2,1-3H3;4-5,7,9,13,16H,6,8,10H2,1-3H3. The lowest BCUT2D eigenvalue weighted by atomic mass is 10.0. The van der Waals surface area contributed by atoms with E-state index in [4.69, 9.17) is 15.2 Å². The number of aryl methyl sites for hydroxylation is 2. The van der Waals surface area contributed by atoms with Crippen molar-refractivity contribution in [3.63, 3.8) is 0 Å². The Balaban J connectivity index is 0.000000260. The number of hydrogen-bond acceptors (Lipinski definition) is 6. The zero-order chi connectivity index (χ0) is 27.6. The highest BCUT2D eigenvalue weighted by atomic mass is 79.9. The SMILES string of the molecule is CC(C)(C)OC(=O)C(N)CCCc1ccccc1Br.CC(C)(C)OC(=O)C1CCCc2ccccc2N1. The van der Waals surface area contributed by atoms with Crippen molar-refractivity contribution in [1.29, 1.82) is 0 Å². The number of fused-ring (bicyclic) bond motifs is 1. The van der Waals surface area contributed by atoms with Crippen LogP contribution in [-0.4, -0.2) is 35.2 Å². The normalized spacial score (nSPS) is 16.2. The van der Waals surface area contributed by atoms with Crippen molar-refractivity contribution in [2.24, 2.45) is 5.73 Å². The van der Waals surface area contributed by atoms with Gasteiger partial charge in [0.2, 0.25) is 0 Å². The summed E-state index contributed by atoms with van der Waals surface area (Å²) in [6, 6.07) is 15.5. The molecule has 1 aliphatic rings. The molecule has 1 heterocycles. The predicted molar refractivity (Wildman–Crippen MR) is 154 cm³/mol. The Morgan fingerprint density at radius 2 is 1.62 bits per heavy atom. The number of carbonyl (C=O) groups is 2. The molecule has 6 nitrogen and oxygen atoms in total. The highest BCUT2D eigenvalue weighted by Crippen LogP contribution is 2.25. The monoisotopic (exact) mass is 574 g/mol. The number of esters is 2. The third-order valence-corrected chi connectivity index (χ3v) is 6.38.